The number of nitrogens with zero attached hydrogens (tertiary/aromatic N) is 5. The summed E-state index contributed by atoms with van der Waals surface area (Å²) in [7, 11) is -3.97. The summed E-state index contributed by atoms with van der Waals surface area (Å²) >= 11 is 0. The van der Waals surface area contributed by atoms with Crippen LogP contribution in [0.1, 0.15) is 37.7 Å². The topological polar surface area (TPSA) is 134 Å². The van der Waals surface area contributed by atoms with E-state index in [0.29, 0.717) is 53.7 Å². The highest BCUT2D eigenvalue weighted by Gasteiger charge is 2.40. The summed E-state index contributed by atoms with van der Waals surface area (Å²) in [4.78, 5) is 36.1. The molecule has 0 N–H and O–H groups in total. The molecule has 12 nitrogen and oxygen atoms in total. The van der Waals surface area contributed by atoms with Crippen LogP contribution in [-0.2, 0) is 24.3 Å². The zero-order valence-corrected chi connectivity index (χ0v) is 25.1. The lowest BCUT2D eigenvalue weighted by Crippen LogP contribution is -2.31. The molecule has 13 heteroatoms. The van der Waals surface area contributed by atoms with E-state index in [-0.39, 0.29) is 23.0 Å². The summed E-state index contributed by atoms with van der Waals surface area (Å²) in [5.41, 5.74) is 3.54. The van der Waals surface area contributed by atoms with Crippen LogP contribution in [0.5, 0.6) is 11.5 Å². The van der Waals surface area contributed by atoms with Gasteiger partial charge in [0, 0.05) is 32.0 Å². The second-order valence-electron chi connectivity index (χ2n) is 10.9. The minimum absolute atomic E-state index is 0.132. The van der Waals surface area contributed by atoms with Gasteiger partial charge in [0.2, 0.25) is 5.91 Å². The minimum atomic E-state index is -3.97. The van der Waals surface area contributed by atoms with E-state index in [9.17, 15) is 18.0 Å². The monoisotopic (exact) mass is 615 g/mol. The van der Waals surface area contributed by atoms with Gasteiger partial charge in [0.05, 0.1) is 40.4 Å². The van der Waals surface area contributed by atoms with Gasteiger partial charge in [-0.25, -0.2) is 22.4 Å². The summed E-state index contributed by atoms with van der Waals surface area (Å²) in [6.07, 6.45) is 2.86. The Hall–Kier alpha value is -4.91. The summed E-state index contributed by atoms with van der Waals surface area (Å²) in [5.74, 6) is 1.07. The van der Waals surface area contributed by atoms with Crippen LogP contribution in [-0.4, -0.2) is 69.4 Å². The van der Waals surface area contributed by atoms with Gasteiger partial charge in [0.25, 0.3) is 10.0 Å². The highest BCUT2D eigenvalue weighted by atomic mass is 32.2. The third-order valence-corrected chi connectivity index (χ3v) is 9.67. The molecule has 3 aromatic heterocycles. The van der Waals surface area contributed by atoms with Crippen LogP contribution in [0, 0.1) is 6.92 Å². The highest BCUT2D eigenvalue weighted by Crippen LogP contribution is 2.40. The number of carbonyl (C=O) groups excluding carboxylic acids is 2. The Kier molecular flexibility index (Phi) is 6.57. The van der Waals surface area contributed by atoms with Gasteiger partial charge >= 0.3 is 5.97 Å². The van der Waals surface area contributed by atoms with E-state index in [1.54, 1.807) is 41.4 Å². The van der Waals surface area contributed by atoms with E-state index in [1.165, 1.54) is 20.0 Å². The summed E-state index contributed by atoms with van der Waals surface area (Å²) in [6, 6.07) is 13.3. The fourth-order valence-corrected chi connectivity index (χ4v) is 7.29. The Morgan fingerprint density at radius 3 is 2.45 bits per heavy atom. The first-order valence-electron chi connectivity index (χ1n) is 14.2. The van der Waals surface area contributed by atoms with Crippen LogP contribution in [0.25, 0.3) is 27.9 Å². The minimum Gasteiger partial charge on any atom is -0.486 e. The molecule has 7 rings (SSSR count). The van der Waals surface area contributed by atoms with Crippen molar-refractivity contribution in [3.63, 3.8) is 0 Å². The van der Waals surface area contributed by atoms with Gasteiger partial charge in [0.1, 0.15) is 25.1 Å². The van der Waals surface area contributed by atoms with E-state index in [1.807, 2.05) is 29.5 Å². The van der Waals surface area contributed by atoms with Crippen LogP contribution in [0.15, 0.2) is 65.8 Å². The molecule has 0 radical (unpaired) electrons. The molecule has 226 valence electrons. The van der Waals surface area contributed by atoms with Crippen molar-refractivity contribution in [3.8, 4) is 22.8 Å². The fourth-order valence-electron chi connectivity index (χ4n) is 5.99. The van der Waals surface area contributed by atoms with Gasteiger partial charge in [-0.1, -0.05) is 17.7 Å². The molecule has 2 aliphatic heterocycles. The summed E-state index contributed by atoms with van der Waals surface area (Å²) in [6.45, 7) is 5.78. The number of aromatic nitrogens is 4. The molecular formula is C31H29N5O7S. The first kappa shape index (κ1) is 27.9. The van der Waals surface area contributed by atoms with E-state index >= 15 is 0 Å². The van der Waals surface area contributed by atoms with Crippen LogP contribution in [0.4, 0.5) is 0 Å². The predicted molar refractivity (Wildman–Crippen MR) is 159 cm³/mol. The number of fused-ring (bicyclic) bond motifs is 4. The Morgan fingerprint density at radius 2 is 1.73 bits per heavy atom. The molecule has 5 aromatic rings. The highest BCUT2D eigenvalue weighted by molar-refractivity contribution is 7.90. The predicted octanol–water partition coefficient (Wildman–Crippen LogP) is 3.89. The lowest BCUT2D eigenvalue weighted by atomic mass is 10.1. The van der Waals surface area contributed by atoms with E-state index < -0.39 is 28.1 Å². The van der Waals surface area contributed by atoms with Crippen LogP contribution in [0.2, 0.25) is 0 Å². The maximum Gasteiger partial charge on any atom is 0.302 e. The number of amides is 1. The molecule has 0 bridgehead atoms. The van der Waals surface area contributed by atoms with Crippen molar-refractivity contribution in [2.24, 2.45) is 0 Å². The molecule has 2 atom stereocenters. The quantitative estimate of drug-likeness (QED) is 0.270. The first-order valence-corrected chi connectivity index (χ1v) is 15.6. The molecule has 0 aliphatic carbocycles. The maximum atomic E-state index is 13.7. The average Bonchev–Trinajstić information content (AvgIpc) is 3.72. The second kappa shape index (κ2) is 10.4. The summed E-state index contributed by atoms with van der Waals surface area (Å²) < 4.78 is 47.5. The van der Waals surface area contributed by atoms with Crippen molar-refractivity contribution in [2.75, 3.05) is 19.8 Å². The normalized spacial score (nSPS) is 18.2. The molecule has 2 aromatic carbocycles. The number of aryl methyl sites for hydroxylation is 1. The van der Waals surface area contributed by atoms with Crippen molar-refractivity contribution in [2.45, 2.75) is 44.2 Å². The smallest absolute Gasteiger partial charge is 0.302 e. The van der Waals surface area contributed by atoms with E-state index in [0.717, 1.165) is 15.1 Å². The van der Waals surface area contributed by atoms with Gasteiger partial charge in [-0.3, -0.25) is 14.0 Å². The average molecular weight is 616 g/mol. The number of hydrogen-bond donors (Lipinski definition) is 0. The second-order valence-corrected chi connectivity index (χ2v) is 12.8. The Balaban J connectivity index is 1.45. The zero-order valence-electron chi connectivity index (χ0n) is 24.3. The van der Waals surface area contributed by atoms with E-state index in [4.69, 9.17) is 19.2 Å². The van der Waals surface area contributed by atoms with Crippen molar-refractivity contribution < 1.29 is 32.2 Å². The van der Waals surface area contributed by atoms with Gasteiger partial charge < -0.3 is 19.1 Å². The van der Waals surface area contributed by atoms with Crippen LogP contribution < -0.4 is 9.47 Å². The van der Waals surface area contributed by atoms with Gasteiger partial charge in [-0.05, 0) is 43.3 Å². The molecule has 5 heterocycles. The number of benzene rings is 2. The number of ether oxygens (including phenoxy) is 3. The third kappa shape index (κ3) is 4.55. The summed E-state index contributed by atoms with van der Waals surface area (Å²) in [5, 5.41) is 0. The molecule has 0 saturated carbocycles. The first-order chi connectivity index (χ1) is 21.1. The van der Waals surface area contributed by atoms with E-state index in [2.05, 4.69) is 4.98 Å². The number of esters is 1. The van der Waals surface area contributed by atoms with Gasteiger partial charge in [0.15, 0.2) is 17.1 Å². The van der Waals surface area contributed by atoms with Gasteiger partial charge in [-0.15, -0.1) is 0 Å². The molecule has 2 aliphatic rings. The van der Waals surface area contributed by atoms with Gasteiger partial charge in [-0.2, -0.15) is 0 Å². The molecule has 1 saturated heterocycles. The fraction of sp³-hybridized carbons (Fsp3) is 0.290. The maximum absolute atomic E-state index is 13.7. The Labute approximate surface area is 252 Å². The number of carbonyl (C=O) groups is 2. The van der Waals surface area contributed by atoms with Crippen molar-refractivity contribution in [1.82, 2.24) is 23.2 Å². The molecule has 44 heavy (non-hydrogen) atoms. The van der Waals surface area contributed by atoms with Crippen molar-refractivity contribution in [3.05, 3.63) is 72.3 Å². The lowest BCUT2D eigenvalue weighted by Gasteiger charge is -2.22. The van der Waals surface area contributed by atoms with Crippen molar-refractivity contribution >= 4 is 38.6 Å². The third-order valence-electron chi connectivity index (χ3n) is 7.99. The molecule has 0 unspecified atom stereocenters. The molecule has 1 amide bonds. The molecular weight excluding hydrogens is 586 g/mol. The largest absolute Gasteiger partial charge is 0.486 e. The van der Waals surface area contributed by atoms with Crippen molar-refractivity contribution in [1.29, 1.82) is 0 Å². The standard InChI is InChI=1S/C31H29N5O7S/c1-18-4-7-23(8-5-18)44(39,40)35-11-10-24-30(35)32-16-26-29(21-6-9-27-28(14-21)42-13-12-41-27)33-31(36(24)26)25-15-22(43-20(3)38)17-34(25)19(2)37/h4-11,14,16,22,25H,12-13,15,17H2,1-3H3/t22-,25-/m1/s1. The number of hydrogen-bond acceptors (Lipinski definition) is 9. The number of rotatable bonds is 5. The SMILES string of the molecule is CC(=O)O[C@@H]1C[C@H](c2nc(-c3ccc4c(c3)OCCO4)c3cnc4c(ccn4S(=O)(=O)c4ccc(C)cc4)n23)N(C(C)=O)C1. The number of imidazole rings is 1. The van der Waals surface area contributed by atoms with Crippen LogP contribution in [0.3, 0.4) is 0 Å². The molecule has 0 spiro atoms. The number of likely N-dealkylation sites (tertiary alicyclic amines) is 1. The zero-order chi connectivity index (χ0) is 30.7. The molecule has 1 fully saturated rings. The van der Waals surface area contributed by atoms with Crippen LogP contribution >= 0.6 is 0 Å². The Bertz CT molecular complexity index is 2070. The Morgan fingerprint density at radius 1 is 0.977 bits per heavy atom. The lowest BCUT2D eigenvalue weighted by molar-refractivity contribution is -0.146.